The first-order chi connectivity index (χ1) is 16.1. The van der Waals surface area contributed by atoms with Gasteiger partial charge in [0.25, 0.3) is 0 Å². The highest BCUT2D eigenvalue weighted by molar-refractivity contribution is 5.78. The molecule has 180 valence electrons. The van der Waals surface area contributed by atoms with Gasteiger partial charge in [0.2, 0.25) is 5.91 Å². The molecule has 34 heavy (non-hydrogen) atoms. The van der Waals surface area contributed by atoms with Crippen molar-refractivity contribution in [3.63, 3.8) is 0 Å². The summed E-state index contributed by atoms with van der Waals surface area (Å²) in [7, 11) is 0. The van der Waals surface area contributed by atoms with E-state index in [0.29, 0.717) is 25.3 Å². The van der Waals surface area contributed by atoms with Crippen LogP contribution >= 0.6 is 0 Å². The number of aliphatic hydroxyl groups is 1. The summed E-state index contributed by atoms with van der Waals surface area (Å²) in [5.41, 5.74) is 11.8. The summed E-state index contributed by atoms with van der Waals surface area (Å²) in [6.07, 6.45) is 2.04. The molecule has 5 N–H and O–H groups in total. The fraction of sp³-hybridized carbons (Fsp3) is 0.357. The summed E-state index contributed by atoms with van der Waals surface area (Å²) < 4.78 is 0. The molecule has 1 aromatic heterocycles. The van der Waals surface area contributed by atoms with Crippen LogP contribution in [0, 0.1) is 13.8 Å². The van der Waals surface area contributed by atoms with Gasteiger partial charge in [-0.3, -0.25) is 4.79 Å². The minimum Gasteiger partial charge on any atom is -0.387 e. The van der Waals surface area contributed by atoms with Crippen molar-refractivity contribution >= 4 is 11.7 Å². The number of amides is 1. The van der Waals surface area contributed by atoms with Crippen molar-refractivity contribution in [1.29, 1.82) is 0 Å². The molecule has 0 fully saturated rings. The van der Waals surface area contributed by atoms with Gasteiger partial charge in [-0.2, -0.15) is 0 Å². The van der Waals surface area contributed by atoms with Crippen molar-refractivity contribution in [1.82, 2.24) is 15.6 Å². The number of benzene rings is 2. The molecule has 1 atom stereocenters. The standard InChI is InChI=1S/C28H36N4O2/c1-19-8-9-23(12-20(19)2)16-31-27(34)14-21-6-5-7-22(13-21)15-28(3,4)32-18-25(33)24-10-11-26(29)30-17-24/h5-13,17,25,32-33H,14-16,18H2,1-4H3,(H2,29,30)(H,31,34)/t25-/m0/s1. The van der Waals surface area contributed by atoms with E-state index in [9.17, 15) is 9.90 Å². The van der Waals surface area contributed by atoms with Gasteiger partial charge in [0.1, 0.15) is 5.82 Å². The molecule has 0 aliphatic heterocycles. The number of β-amino-alcohol motifs (C(OH)–C–C–N with tert-alkyl or cyclic N) is 1. The van der Waals surface area contributed by atoms with E-state index in [1.165, 1.54) is 11.1 Å². The van der Waals surface area contributed by atoms with E-state index in [1.54, 1.807) is 18.3 Å². The van der Waals surface area contributed by atoms with Gasteiger partial charge in [-0.05, 0) is 68.0 Å². The van der Waals surface area contributed by atoms with E-state index in [-0.39, 0.29) is 11.4 Å². The number of hydrogen-bond acceptors (Lipinski definition) is 5. The van der Waals surface area contributed by atoms with Gasteiger partial charge in [-0.25, -0.2) is 4.98 Å². The lowest BCUT2D eigenvalue weighted by atomic mass is 9.93. The summed E-state index contributed by atoms with van der Waals surface area (Å²) in [6.45, 7) is 9.30. The topological polar surface area (TPSA) is 100 Å². The zero-order valence-corrected chi connectivity index (χ0v) is 20.6. The van der Waals surface area contributed by atoms with Crippen molar-refractivity contribution < 1.29 is 9.90 Å². The maximum Gasteiger partial charge on any atom is 0.224 e. The van der Waals surface area contributed by atoms with Crippen molar-refractivity contribution in [3.8, 4) is 0 Å². The Morgan fingerprint density at radius 2 is 1.79 bits per heavy atom. The van der Waals surface area contributed by atoms with Crippen LogP contribution in [-0.4, -0.2) is 28.1 Å². The monoisotopic (exact) mass is 460 g/mol. The molecule has 6 heteroatoms. The largest absolute Gasteiger partial charge is 0.387 e. The third-order valence-corrected chi connectivity index (χ3v) is 6.03. The van der Waals surface area contributed by atoms with Crippen molar-refractivity contribution in [2.24, 2.45) is 0 Å². The lowest BCUT2D eigenvalue weighted by molar-refractivity contribution is -0.120. The van der Waals surface area contributed by atoms with Gasteiger partial charge in [-0.1, -0.05) is 48.5 Å². The van der Waals surface area contributed by atoms with Crippen LogP contribution in [0.1, 0.15) is 53.3 Å². The molecule has 1 heterocycles. The van der Waals surface area contributed by atoms with Crippen LogP contribution < -0.4 is 16.4 Å². The van der Waals surface area contributed by atoms with Gasteiger partial charge in [0.05, 0.1) is 12.5 Å². The molecule has 0 saturated heterocycles. The van der Waals surface area contributed by atoms with E-state index in [1.807, 2.05) is 12.1 Å². The Morgan fingerprint density at radius 3 is 2.50 bits per heavy atom. The Hall–Kier alpha value is -3.22. The number of aryl methyl sites for hydroxylation is 2. The van der Waals surface area contributed by atoms with Gasteiger partial charge < -0.3 is 21.5 Å². The fourth-order valence-electron chi connectivity index (χ4n) is 3.89. The molecule has 0 radical (unpaired) electrons. The molecule has 0 spiro atoms. The predicted molar refractivity (Wildman–Crippen MR) is 137 cm³/mol. The van der Waals surface area contributed by atoms with Gasteiger partial charge in [0, 0.05) is 30.4 Å². The van der Waals surface area contributed by atoms with Crippen LogP contribution in [0.25, 0.3) is 0 Å². The van der Waals surface area contributed by atoms with Crippen LogP contribution in [0.4, 0.5) is 5.82 Å². The van der Waals surface area contributed by atoms with Gasteiger partial charge >= 0.3 is 0 Å². The molecule has 3 rings (SSSR count). The number of anilines is 1. The minimum atomic E-state index is -0.667. The molecule has 0 unspecified atom stereocenters. The van der Waals surface area contributed by atoms with Crippen molar-refractivity contribution in [2.75, 3.05) is 12.3 Å². The third kappa shape index (κ3) is 7.68. The number of pyridine rings is 1. The summed E-state index contributed by atoms with van der Waals surface area (Å²) in [6, 6.07) is 17.9. The van der Waals surface area contributed by atoms with E-state index in [2.05, 4.69) is 73.6 Å². The predicted octanol–water partition coefficient (Wildman–Crippen LogP) is 3.78. The second-order valence-electron chi connectivity index (χ2n) is 9.67. The van der Waals surface area contributed by atoms with E-state index < -0.39 is 6.10 Å². The Balaban J connectivity index is 1.51. The number of aromatic nitrogens is 1. The van der Waals surface area contributed by atoms with Crippen molar-refractivity contribution in [3.05, 3.63) is 94.2 Å². The number of nitrogens with one attached hydrogen (secondary N) is 2. The number of nitrogens with two attached hydrogens (primary N) is 1. The Kier molecular flexibility index (Phi) is 8.42. The van der Waals surface area contributed by atoms with Crippen LogP contribution in [-0.2, 0) is 24.2 Å². The van der Waals surface area contributed by atoms with E-state index in [0.717, 1.165) is 28.7 Å². The fourth-order valence-corrected chi connectivity index (χ4v) is 3.89. The number of aliphatic hydroxyl groups excluding tert-OH is 1. The molecule has 0 aliphatic rings. The van der Waals surface area contributed by atoms with Gasteiger partial charge in [0.15, 0.2) is 0 Å². The Morgan fingerprint density at radius 1 is 1.03 bits per heavy atom. The summed E-state index contributed by atoms with van der Waals surface area (Å²) in [5.74, 6) is 0.441. The van der Waals surface area contributed by atoms with Crippen LogP contribution in [0.15, 0.2) is 60.8 Å². The Bertz CT molecular complexity index is 1110. The summed E-state index contributed by atoms with van der Waals surface area (Å²) in [5, 5.41) is 16.9. The third-order valence-electron chi connectivity index (χ3n) is 6.03. The molecular formula is C28H36N4O2. The number of nitrogens with zero attached hydrogens (tertiary/aromatic N) is 1. The number of carbonyl (C=O) groups excluding carboxylic acids is 1. The Labute approximate surface area is 202 Å². The zero-order valence-electron chi connectivity index (χ0n) is 20.6. The molecule has 0 aliphatic carbocycles. The zero-order chi connectivity index (χ0) is 24.7. The maximum absolute atomic E-state index is 12.5. The first-order valence-corrected chi connectivity index (χ1v) is 11.7. The molecule has 6 nitrogen and oxygen atoms in total. The average molecular weight is 461 g/mol. The second-order valence-corrected chi connectivity index (χ2v) is 9.67. The molecular weight excluding hydrogens is 424 g/mol. The normalized spacial score (nSPS) is 12.4. The minimum absolute atomic E-state index is 0.00740. The average Bonchev–Trinajstić information content (AvgIpc) is 2.79. The number of nitrogen functional groups attached to an aromatic ring is 1. The second kappa shape index (κ2) is 11.3. The van der Waals surface area contributed by atoms with Crippen LogP contribution in [0.2, 0.25) is 0 Å². The highest BCUT2D eigenvalue weighted by Gasteiger charge is 2.20. The quantitative estimate of drug-likeness (QED) is 0.369. The maximum atomic E-state index is 12.5. The smallest absolute Gasteiger partial charge is 0.224 e. The van der Waals surface area contributed by atoms with E-state index >= 15 is 0 Å². The summed E-state index contributed by atoms with van der Waals surface area (Å²) >= 11 is 0. The number of hydrogen-bond donors (Lipinski definition) is 4. The SMILES string of the molecule is Cc1ccc(CNC(=O)Cc2cccc(CC(C)(C)NC[C@H](O)c3ccc(N)nc3)c2)cc1C. The summed E-state index contributed by atoms with van der Waals surface area (Å²) in [4.78, 5) is 16.5. The number of carbonyl (C=O) groups is 1. The lowest BCUT2D eigenvalue weighted by Gasteiger charge is -2.28. The molecule has 0 saturated carbocycles. The first-order valence-electron chi connectivity index (χ1n) is 11.7. The van der Waals surface area contributed by atoms with Crippen LogP contribution in [0.3, 0.4) is 0 Å². The molecule has 3 aromatic rings. The number of rotatable bonds is 10. The van der Waals surface area contributed by atoms with Gasteiger partial charge in [-0.15, -0.1) is 0 Å². The van der Waals surface area contributed by atoms with Crippen LogP contribution in [0.5, 0.6) is 0 Å². The molecule has 2 aromatic carbocycles. The highest BCUT2D eigenvalue weighted by Crippen LogP contribution is 2.18. The van der Waals surface area contributed by atoms with E-state index in [4.69, 9.17) is 5.73 Å². The van der Waals surface area contributed by atoms with Crippen molar-refractivity contribution in [2.45, 2.75) is 58.7 Å². The highest BCUT2D eigenvalue weighted by atomic mass is 16.3. The molecule has 1 amide bonds. The lowest BCUT2D eigenvalue weighted by Crippen LogP contribution is -2.43. The first kappa shape index (κ1) is 25.4. The molecule has 0 bridgehead atoms.